The van der Waals surface area contributed by atoms with Gasteiger partial charge in [0.15, 0.2) is 5.78 Å². The van der Waals surface area contributed by atoms with E-state index < -0.39 is 0 Å². The second-order valence-corrected chi connectivity index (χ2v) is 7.69. The van der Waals surface area contributed by atoms with Gasteiger partial charge in [0, 0.05) is 35.1 Å². The maximum atomic E-state index is 13.2. The largest absolute Gasteiger partial charge is 0.497 e. The number of hydrogen-bond acceptors (Lipinski definition) is 3. The molecule has 1 heterocycles. The zero-order chi connectivity index (χ0) is 19.8. The fraction of sp³-hybridized carbons (Fsp3) is 0.304. The third-order valence-electron chi connectivity index (χ3n) is 5.67. The molecule has 4 nitrogen and oxygen atoms in total. The van der Waals surface area contributed by atoms with Crippen molar-refractivity contribution < 1.29 is 14.3 Å². The van der Waals surface area contributed by atoms with Crippen molar-refractivity contribution in [2.24, 2.45) is 0 Å². The number of ketones is 1. The summed E-state index contributed by atoms with van der Waals surface area (Å²) >= 11 is 6.30. The molecule has 1 aliphatic carbocycles. The van der Waals surface area contributed by atoms with Gasteiger partial charge < -0.3 is 4.74 Å². The smallest absolute Gasteiger partial charge is 0.232 e. The molecule has 0 saturated carbocycles. The number of carbonyl (C=O) groups is 2. The highest BCUT2D eigenvalue weighted by atomic mass is 35.5. The summed E-state index contributed by atoms with van der Waals surface area (Å²) in [5.41, 5.74) is 4.20. The van der Waals surface area contributed by atoms with Crippen molar-refractivity contribution in [3.8, 4) is 5.75 Å². The molecule has 1 atom stereocenters. The highest BCUT2D eigenvalue weighted by Crippen LogP contribution is 2.44. The van der Waals surface area contributed by atoms with Crippen LogP contribution in [0.3, 0.4) is 0 Å². The van der Waals surface area contributed by atoms with Crippen LogP contribution in [0, 0.1) is 6.92 Å². The summed E-state index contributed by atoms with van der Waals surface area (Å²) in [6.45, 7) is 1.91. The summed E-state index contributed by atoms with van der Waals surface area (Å²) in [4.78, 5) is 27.9. The lowest BCUT2D eigenvalue weighted by molar-refractivity contribution is -0.119. The number of amides is 1. The number of rotatable bonds is 3. The Morgan fingerprint density at radius 2 is 1.82 bits per heavy atom. The van der Waals surface area contributed by atoms with Gasteiger partial charge in [-0.05, 0) is 55.2 Å². The number of halogens is 1. The summed E-state index contributed by atoms with van der Waals surface area (Å²) < 4.78 is 5.24. The predicted octanol–water partition coefficient (Wildman–Crippen LogP) is 5.18. The minimum Gasteiger partial charge on any atom is -0.497 e. The van der Waals surface area contributed by atoms with E-state index in [9.17, 15) is 9.59 Å². The van der Waals surface area contributed by atoms with Crippen molar-refractivity contribution in [2.75, 3.05) is 12.0 Å². The van der Waals surface area contributed by atoms with Crippen molar-refractivity contribution in [2.45, 2.75) is 38.5 Å². The average molecular weight is 396 g/mol. The topological polar surface area (TPSA) is 46.6 Å². The van der Waals surface area contributed by atoms with E-state index >= 15 is 0 Å². The maximum absolute atomic E-state index is 13.2. The fourth-order valence-electron chi connectivity index (χ4n) is 4.23. The SMILES string of the molecule is COc1ccc(C2CC(=O)N(c3cccc(Cl)c3C)C3=C2C(=O)CCC3)cc1. The van der Waals surface area contributed by atoms with Crippen LogP contribution in [0.1, 0.15) is 42.7 Å². The Morgan fingerprint density at radius 3 is 2.54 bits per heavy atom. The number of methoxy groups -OCH3 is 1. The molecule has 0 N–H and O–H groups in total. The Bertz CT molecular complexity index is 978. The highest BCUT2D eigenvalue weighted by Gasteiger charge is 2.40. The molecule has 0 bridgehead atoms. The van der Waals surface area contributed by atoms with Gasteiger partial charge in [-0.15, -0.1) is 0 Å². The van der Waals surface area contributed by atoms with E-state index in [1.54, 1.807) is 12.0 Å². The molecule has 5 heteroatoms. The molecular weight excluding hydrogens is 374 g/mol. The molecule has 1 unspecified atom stereocenters. The molecular formula is C23H22ClNO3. The zero-order valence-electron chi connectivity index (χ0n) is 16.0. The van der Waals surface area contributed by atoms with E-state index in [1.165, 1.54) is 0 Å². The van der Waals surface area contributed by atoms with Crippen LogP contribution in [-0.2, 0) is 9.59 Å². The third kappa shape index (κ3) is 3.12. The number of carbonyl (C=O) groups excluding carboxylic acids is 2. The second kappa shape index (κ2) is 7.44. The van der Waals surface area contributed by atoms with Gasteiger partial charge in [-0.2, -0.15) is 0 Å². The molecule has 0 spiro atoms. The molecule has 2 aliphatic rings. The lowest BCUT2D eigenvalue weighted by Crippen LogP contribution is -2.40. The van der Waals surface area contributed by atoms with Crippen LogP contribution in [0.2, 0.25) is 5.02 Å². The molecule has 4 rings (SSSR count). The average Bonchev–Trinajstić information content (AvgIpc) is 2.70. The Morgan fingerprint density at radius 1 is 1.07 bits per heavy atom. The van der Waals surface area contributed by atoms with E-state index in [0.717, 1.165) is 40.3 Å². The Balaban J connectivity index is 1.85. The molecule has 0 radical (unpaired) electrons. The second-order valence-electron chi connectivity index (χ2n) is 7.28. The Kier molecular flexibility index (Phi) is 4.98. The van der Waals surface area contributed by atoms with Crippen molar-refractivity contribution in [3.05, 3.63) is 69.9 Å². The van der Waals surface area contributed by atoms with Crippen LogP contribution < -0.4 is 9.64 Å². The van der Waals surface area contributed by atoms with Crippen molar-refractivity contribution in [3.63, 3.8) is 0 Å². The molecule has 2 aromatic rings. The molecule has 2 aromatic carbocycles. The fourth-order valence-corrected chi connectivity index (χ4v) is 4.40. The first-order valence-corrected chi connectivity index (χ1v) is 9.87. The number of anilines is 1. The molecule has 28 heavy (non-hydrogen) atoms. The Hall–Kier alpha value is -2.59. The molecule has 0 fully saturated rings. The monoisotopic (exact) mass is 395 g/mol. The van der Waals surface area contributed by atoms with Crippen molar-refractivity contribution >= 4 is 29.0 Å². The molecule has 0 aromatic heterocycles. The van der Waals surface area contributed by atoms with E-state index in [2.05, 4.69) is 0 Å². The van der Waals surface area contributed by atoms with Crippen LogP contribution in [0.25, 0.3) is 0 Å². The first-order valence-electron chi connectivity index (χ1n) is 9.49. The van der Waals surface area contributed by atoms with E-state index in [0.29, 0.717) is 17.9 Å². The normalized spacial score (nSPS) is 19.7. The standard InChI is InChI=1S/C23H22ClNO3/c1-14-18(24)5-3-6-19(14)25-20-7-4-8-21(26)23(20)17(13-22(25)27)15-9-11-16(28-2)12-10-15/h3,5-6,9-12,17H,4,7-8,13H2,1-2H3. The van der Waals surface area contributed by atoms with Gasteiger partial charge in [0.05, 0.1) is 12.8 Å². The summed E-state index contributed by atoms with van der Waals surface area (Å²) in [5, 5.41) is 0.617. The maximum Gasteiger partial charge on any atom is 0.232 e. The van der Waals surface area contributed by atoms with Gasteiger partial charge in [-0.25, -0.2) is 0 Å². The molecule has 1 amide bonds. The van der Waals surface area contributed by atoms with Crippen molar-refractivity contribution in [1.29, 1.82) is 0 Å². The summed E-state index contributed by atoms with van der Waals surface area (Å²) in [6.07, 6.45) is 2.27. The van der Waals surface area contributed by atoms with Gasteiger partial charge in [-0.1, -0.05) is 29.8 Å². The number of nitrogens with zero attached hydrogens (tertiary/aromatic N) is 1. The van der Waals surface area contributed by atoms with Gasteiger partial charge in [0.1, 0.15) is 5.75 Å². The third-order valence-corrected chi connectivity index (χ3v) is 6.08. The van der Waals surface area contributed by atoms with Gasteiger partial charge in [0.2, 0.25) is 5.91 Å². The number of hydrogen-bond donors (Lipinski definition) is 0. The van der Waals surface area contributed by atoms with E-state index in [1.807, 2.05) is 49.4 Å². The summed E-state index contributed by atoms with van der Waals surface area (Å²) in [7, 11) is 1.62. The lowest BCUT2D eigenvalue weighted by Gasteiger charge is -2.39. The number of Topliss-reactive ketones (excluding diaryl/α,β-unsaturated/α-hetero) is 1. The molecule has 1 aliphatic heterocycles. The van der Waals surface area contributed by atoms with Gasteiger partial charge in [0.25, 0.3) is 0 Å². The Labute approximate surface area is 169 Å². The number of allylic oxidation sites excluding steroid dienone is 2. The van der Waals surface area contributed by atoms with E-state index in [-0.39, 0.29) is 24.0 Å². The van der Waals surface area contributed by atoms with Crippen molar-refractivity contribution in [1.82, 2.24) is 0 Å². The molecule has 0 saturated heterocycles. The number of ether oxygens (including phenoxy) is 1. The number of benzene rings is 2. The van der Waals surface area contributed by atoms with Crippen LogP contribution in [-0.4, -0.2) is 18.8 Å². The highest BCUT2D eigenvalue weighted by molar-refractivity contribution is 6.31. The minimum absolute atomic E-state index is 0.000338. The van der Waals surface area contributed by atoms with Crippen LogP contribution in [0.15, 0.2) is 53.7 Å². The lowest BCUT2D eigenvalue weighted by atomic mass is 9.77. The predicted molar refractivity (Wildman–Crippen MR) is 110 cm³/mol. The van der Waals surface area contributed by atoms with E-state index in [4.69, 9.17) is 16.3 Å². The van der Waals surface area contributed by atoms with Crippen LogP contribution >= 0.6 is 11.6 Å². The summed E-state index contributed by atoms with van der Waals surface area (Å²) in [6, 6.07) is 13.2. The quantitative estimate of drug-likeness (QED) is 0.718. The molecule has 144 valence electrons. The minimum atomic E-state index is -0.211. The first kappa shape index (κ1) is 18.8. The first-order chi connectivity index (χ1) is 13.5. The van der Waals surface area contributed by atoms with Gasteiger partial charge in [-0.3, -0.25) is 14.5 Å². The summed E-state index contributed by atoms with van der Waals surface area (Å²) in [5.74, 6) is 0.682. The zero-order valence-corrected chi connectivity index (χ0v) is 16.8. The van der Waals surface area contributed by atoms with Crippen LogP contribution in [0.4, 0.5) is 5.69 Å². The van der Waals surface area contributed by atoms with Gasteiger partial charge >= 0.3 is 0 Å². The van der Waals surface area contributed by atoms with Crippen LogP contribution in [0.5, 0.6) is 5.75 Å².